The van der Waals surface area contributed by atoms with Crippen LogP contribution in [0.5, 0.6) is 0 Å². The van der Waals surface area contributed by atoms with E-state index >= 15 is 0 Å². The molecule has 0 aliphatic rings. The Balaban J connectivity index is 2.35. The zero-order valence-corrected chi connectivity index (χ0v) is 9.88. The van der Waals surface area contributed by atoms with Crippen LogP contribution in [0, 0.1) is 3.57 Å². The first kappa shape index (κ1) is 10.2. The molecular weight excluding hydrogens is 305 g/mol. The fourth-order valence-corrected chi connectivity index (χ4v) is 1.61. The summed E-state index contributed by atoms with van der Waals surface area (Å²) < 4.78 is 2.80. The lowest BCUT2D eigenvalue weighted by molar-refractivity contribution is 0.100. The van der Waals surface area contributed by atoms with Crippen molar-refractivity contribution in [1.82, 2.24) is 9.78 Å². The van der Waals surface area contributed by atoms with Crippen molar-refractivity contribution in [3.63, 3.8) is 0 Å². The van der Waals surface area contributed by atoms with E-state index in [0.717, 1.165) is 9.26 Å². The highest BCUT2D eigenvalue weighted by molar-refractivity contribution is 14.1. The summed E-state index contributed by atoms with van der Waals surface area (Å²) in [6, 6.07) is 6.99. The van der Waals surface area contributed by atoms with Gasteiger partial charge in [-0.05, 0) is 46.9 Å². The maximum Gasteiger partial charge on any atom is 0.248 e. The van der Waals surface area contributed by atoms with Gasteiger partial charge < -0.3 is 5.73 Å². The van der Waals surface area contributed by atoms with Gasteiger partial charge in [0.25, 0.3) is 0 Å². The van der Waals surface area contributed by atoms with Crippen molar-refractivity contribution in [3.8, 4) is 5.69 Å². The number of hydrogen-bond acceptors (Lipinski definition) is 2. The third kappa shape index (κ3) is 2.17. The van der Waals surface area contributed by atoms with Gasteiger partial charge in [0.15, 0.2) is 0 Å². The van der Waals surface area contributed by atoms with E-state index in [1.54, 1.807) is 23.0 Å². The number of carbonyl (C=O) groups is 1. The summed E-state index contributed by atoms with van der Waals surface area (Å²) in [5.41, 5.74) is 6.55. The highest BCUT2D eigenvalue weighted by atomic mass is 127. The summed E-state index contributed by atoms with van der Waals surface area (Å²) in [6.07, 6.45) is 3.67. The molecule has 15 heavy (non-hydrogen) atoms. The fourth-order valence-electron chi connectivity index (χ4n) is 1.22. The SMILES string of the molecule is NC(=O)c1ccc(-n2cc(I)cn2)cc1. The first-order valence-corrected chi connectivity index (χ1v) is 5.35. The smallest absolute Gasteiger partial charge is 0.248 e. The molecule has 2 aromatic rings. The lowest BCUT2D eigenvalue weighted by Crippen LogP contribution is -2.10. The van der Waals surface area contributed by atoms with Crippen LogP contribution in [0.2, 0.25) is 0 Å². The van der Waals surface area contributed by atoms with Crippen LogP contribution in [0.25, 0.3) is 5.69 Å². The quantitative estimate of drug-likeness (QED) is 0.856. The number of rotatable bonds is 2. The topological polar surface area (TPSA) is 60.9 Å². The molecule has 0 aliphatic carbocycles. The van der Waals surface area contributed by atoms with E-state index in [-0.39, 0.29) is 0 Å². The predicted octanol–water partition coefficient (Wildman–Crippen LogP) is 1.58. The number of carbonyl (C=O) groups excluding carboxylic acids is 1. The zero-order valence-electron chi connectivity index (χ0n) is 7.72. The maximum atomic E-state index is 10.9. The lowest BCUT2D eigenvalue weighted by Gasteiger charge is -2.01. The number of benzene rings is 1. The molecule has 0 radical (unpaired) electrons. The van der Waals surface area contributed by atoms with E-state index in [4.69, 9.17) is 5.73 Å². The molecule has 1 aromatic carbocycles. The normalized spacial score (nSPS) is 10.2. The molecule has 0 unspecified atom stereocenters. The van der Waals surface area contributed by atoms with Gasteiger partial charge in [0.1, 0.15) is 0 Å². The summed E-state index contributed by atoms with van der Waals surface area (Å²) in [5, 5.41) is 4.15. The predicted molar refractivity (Wildman–Crippen MR) is 64.8 cm³/mol. The van der Waals surface area contributed by atoms with Gasteiger partial charge in [0.2, 0.25) is 5.91 Å². The molecule has 0 atom stereocenters. The molecule has 4 nitrogen and oxygen atoms in total. The summed E-state index contributed by atoms with van der Waals surface area (Å²) in [7, 11) is 0. The van der Waals surface area contributed by atoms with Crippen molar-refractivity contribution in [2.75, 3.05) is 0 Å². The molecule has 0 saturated carbocycles. The summed E-state index contributed by atoms with van der Waals surface area (Å²) in [6.45, 7) is 0. The van der Waals surface area contributed by atoms with Crippen LogP contribution in [0.1, 0.15) is 10.4 Å². The molecule has 0 bridgehead atoms. The van der Waals surface area contributed by atoms with Gasteiger partial charge in [-0.25, -0.2) is 4.68 Å². The van der Waals surface area contributed by atoms with E-state index in [2.05, 4.69) is 27.7 Å². The Morgan fingerprint density at radius 1 is 1.33 bits per heavy atom. The van der Waals surface area contributed by atoms with Gasteiger partial charge in [0.05, 0.1) is 15.5 Å². The summed E-state index contributed by atoms with van der Waals surface area (Å²) in [4.78, 5) is 10.9. The second-order valence-corrected chi connectivity index (χ2v) is 4.26. The van der Waals surface area contributed by atoms with E-state index < -0.39 is 5.91 Å². The van der Waals surface area contributed by atoms with E-state index in [1.807, 2.05) is 18.3 Å². The van der Waals surface area contributed by atoms with Crippen LogP contribution in [-0.4, -0.2) is 15.7 Å². The highest BCUT2D eigenvalue weighted by Crippen LogP contribution is 2.10. The molecule has 76 valence electrons. The fraction of sp³-hybridized carbons (Fsp3) is 0. The number of halogens is 1. The third-order valence-electron chi connectivity index (χ3n) is 1.97. The third-order valence-corrected chi connectivity index (χ3v) is 2.52. The van der Waals surface area contributed by atoms with Crippen molar-refractivity contribution in [3.05, 3.63) is 45.8 Å². The second-order valence-electron chi connectivity index (χ2n) is 3.01. The van der Waals surface area contributed by atoms with Crippen molar-refractivity contribution in [2.45, 2.75) is 0 Å². The number of aromatic nitrogens is 2. The van der Waals surface area contributed by atoms with E-state index in [1.165, 1.54) is 0 Å². The molecular formula is C10H8IN3O. The molecule has 0 spiro atoms. The minimum absolute atomic E-state index is 0.420. The van der Waals surface area contributed by atoms with Crippen LogP contribution in [0.4, 0.5) is 0 Å². The minimum atomic E-state index is -0.420. The summed E-state index contributed by atoms with van der Waals surface area (Å²) >= 11 is 2.19. The lowest BCUT2D eigenvalue weighted by atomic mass is 10.2. The molecule has 5 heteroatoms. The number of primary amides is 1. The van der Waals surface area contributed by atoms with Gasteiger partial charge in [0, 0.05) is 11.8 Å². The Bertz CT molecular complexity index is 490. The highest BCUT2D eigenvalue weighted by Gasteiger charge is 2.01. The average Bonchev–Trinajstić information content (AvgIpc) is 2.65. The van der Waals surface area contributed by atoms with Crippen LogP contribution in [0.15, 0.2) is 36.7 Å². The molecule has 2 rings (SSSR count). The number of nitrogens with zero attached hydrogens (tertiary/aromatic N) is 2. The van der Waals surface area contributed by atoms with Crippen LogP contribution < -0.4 is 5.73 Å². The Labute approximate surface area is 100 Å². The van der Waals surface area contributed by atoms with E-state index in [0.29, 0.717) is 5.56 Å². The molecule has 0 aliphatic heterocycles. The first-order valence-electron chi connectivity index (χ1n) is 4.27. The largest absolute Gasteiger partial charge is 0.366 e. The monoisotopic (exact) mass is 313 g/mol. The average molecular weight is 313 g/mol. The Hall–Kier alpha value is -1.37. The van der Waals surface area contributed by atoms with E-state index in [9.17, 15) is 4.79 Å². The zero-order chi connectivity index (χ0) is 10.8. The number of amides is 1. The Kier molecular flexibility index (Phi) is 2.72. The number of nitrogens with two attached hydrogens (primary N) is 1. The summed E-state index contributed by atoms with van der Waals surface area (Å²) in [5.74, 6) is -0.420. The molecule has 1 aromatic heterocycles. The Morgan fingerprint density at radius 3 is 2.47 bits per heavy atom. The molecule has 1 heterocycles. The maximum absolute atomic E-state index is 10.9. The van der Waals surface area contributed by atoms with Gasteiger partial charge in [-0.3, -0.25) is 4.79 Å². The molecule has 1 amide bonds. The van der Waals surface area contributed by atoms with Gasteiger partial charge in [-0.15, -0.1) is 0 Å². The standard InChI is InChI=1S/C10H8IN3O/c11-8-5-13-14(6-8)9-3-1-7(2-4-9)10(12)15/h1-6H,(H2,12,15). The molecule has 0 saturated heterocycles. The van der Waals surface area contributed by atoms with Gasteiger partial charge in [-0.1, -0.05) is 0 Å². The van der Waals surface area contributed by atoms with Crippen molar-refractivity contribution >= 4 is 28.5 Å². The number of hydrogen-bond donors (Lipinski definition) is 1. The van der Waals surface area contributed by atoms with Gasteiger partial charge in [-0.2, -0.15) is 5.10 Å². The van der Waals surface area contributed by atoms with Crippen molar-refractivity contribution in [1.29, 1.82) is 0 Å². The molecule has 0 fully saturated rings. The minimum Gasteiger partial charge on any atom is -0.366 e. The van der Waals surface area contributed by atoms with Crippen molar-refractivity contribution in [2.24, 2.45) is 5.73 Å². The second kappa shape index (κ2) is 4.01. The van der Waals surface area contributed by atoms with Crippen LogP contribution >= 0.6 is 22.6 Å². The first-order chi connectivity index (χ1) is 7.16. The molecule has 2 N–H and O–H groups in total. The van der Waals surface area contributed by atoms with Crippen molar-refractivity contribution < 1.29 is 4.79 Å². The Morgan fingerprint density at radius 2 is 2.00 bits per heavy atom. The van der Waals surface area contributed by atoms with Crippen LogP contribution in [-0.2, 0) is 0 Å². The van der Waals surface area contributed by atoms with Gasteiger partial charge >= 0.3 is 0 Å². The van der Waals surface area contributed by atoms with Crippen LogP contribution in [0.3, 0.4) is 0 Å².